The number of aromatic carboxylic acids is 1. The Bertz CT molecular complexity index is 699. The van der Waals surface area contributed by atoms with Crippen LogP contribution < -0.4 is 4.90 Å². The Balaban J connectivity index is 2.02. The van der Waals surface area contributed by atoms with Crippen LogP contribution in [0.1, 0.15) is 43.1 Å². The fraction of sp³-hybridized carbons (Fsp3) is 0.438. The molecule has 23 heavy (non-hydrogen) atoms. The molecule has 1 aliphatic rings. The number of rotatable bonds is 4. The zero-order valence-electron chi connectivity index (χ0n) is 12.9. The highest BCUT2D eigenvalue weighted by Gasteiger charge is 2.29. The molecule has 6 nitrogen and oxygen atoms in total. The lowest BCUT2D eigenvalue weighted by atomic mass is 10.00. The van der Waals surface area contributed by atoms with Crippen LogP contribution >= 0.6 is 11.6 Å². The highest BCUT2D eigenvalue weighted by atomic mass is 35.5. The zero-order chi connectivity index (χ0) is 16.4. The summed E-state index contributed by atoms with van der Waals surface area (Å²) in [5.74, 6) is -0.598. The van der Waals surface area contributed by atoms with E-state index in [1.165, 1.54) is 11.2 Å². The summed E-state index contributed by atoms with van der Waals surface area (Å²) in [5, 5.41) is 18.7. The van der Waals surface area contributed by atoms with Crippen LogP contribution in [0.3, 0.4) is 0 Å². The summed E-state index contributed by atoms with van der Waals surface area (Å²) < 4.78 is 0. The lowest BCUT2D eigenvalue weighted by molar-refractivity contribution is 0.0690. The van der Waals surface area contributed by atoms with E-state index in [9.17, 15) is 9.90 Å². The Morgan fingerprint density at radius 2 is 2.04 bits per heavy atom. The predicted octanol–water partition coefficient (Wildman–Crippen LogP) is 3.39. The second kappa shape index (κ2) is 6.58. The molecular formula is C16H19ClN4O2. The monoisotopic (exact) mass is 334 g/mol. The summed E-state index contributed by atoms with van der Waals surface area (Å²) in [5.41, 5.74) is 0.688. The van der Waals surface area contributed by atoms with Gasteiger partial charge in [0, 0.05) is 17.6 Å². The van der Waals surface area contributed by atoms with Crippen LogP contribution in [0.4, 0.5) is 5.82 Å². The number of anilines is 1. The van der Waals surface area contributed by atoms with E-state index >= 15 is 0 Å². The van der Waals surface area contributed by atoms with Crippen molar-refractivity contribution in [1.82, 2.24) is 15.0 Å². The average molecular weight is 335 g/mol. The van der Waals surface area contributed by atoms with Gasteiger partial charge < -0.3 is 10.0 Å². The number of carboxylic acid groups (broad SMARTS) is 1. The molecule has 7 heteroatoms. The Hall–Kier alpha value is -2.08. The first-order chi connectivity index (χ1) is 11.1. The SMILES string of the molecule is CC[C@@H]1CCCCN1c1nn(-c2ccc(Cl)cc2)nc1C(=O)O. The number of halogens is 1. The van der Waals surface area contributed by atoms with Gasteiger partial charge in [-0.05, 0) is 49.9 Å². The maximum Gasteiger partial charge on any atom is 0.360 e. The summed E-state index contributed by atoms with van der Waals surface area (Å²) >= 11 is 5.89. The number of aromatic nitrogens is 3. The van der Waals surface area contributed by atoms with Gasteiger partial charge in [0.2, 0.25) is 5.69 Å². The van der Waals surface area contributed by atoms with Gasteiger partial charge in [-0.15, -0.1) is 15.0 Å². The molecule has 2 aromatic rings. The Morgan fingerprint density at radius 3 is 2.70 bits per heavy atom. The van der Waals surface area contributed by atoms with E-state index in [4.69, 9.17) is 11.6 Å². The van der Waals surface area contributed by atoms with Gasteiger partial charge in [0.25, 0.3) is 0 Å². The molecule has 1 aromatic heterocycles. The first kappa shape index (κ1) is 15.8. The molecule has 1 fully saturated rings. The minimum absolute atomic E-state index is 0.000278. The summed E-state index contributed by atoms with van der Waals surface area (Å²) in [6.45, 7) is 2.94. The number of hydrogen-bond acceptors (Lipinski definition) is 4. The third-order valence-electron chi connectivity index (χ3n) is 4.23. The van der Waals surface area contributed by atoms with Crippen LogP contribution in [0.2, 0.25) is 5.02 Å². The first-order valence-electron chi connectivity index (χ1n) is 7.83. The summed E-state index contributed by atoms with van der Waals surface area (Å²) in [6.07, 6.45) is 4.24. The molecule has 122 valence electrons. The van der Waals surface area contributed by atoms with Gasteiger partial charge in [0.15, 0.2) is 5.82 Å². The third kappa shape index (κ3) is 3.17. The molecule has 1 aliphatic heterocycles. The molecular weight excluding hydrogens is 316 g/mol. The van der Waals surface area contributed by atoms with Crippen molar-refractivity contribution in [2.24, 2.45) is 0 Å². The minimum atomic E-state index is -1.05. The molecule has 0 radical (unpaired) electrons. The van der Waals surface area contributed by atoms with E-state index < -0.39 is 5.97 Å². The van der Waals surface area contributed by atoms with Crippen LogP contribution in [-0.4, -0.2) is 38.7 Å². The predicted molar refractivity (Wildman–Crippen MR) is 88.6 cm³/mol. The van der Waals surface area contributed by atoms with Crippen LogP contribution in [-0.2, 0) is 0 Å². The average Bonchev–Trinajstić information content (AvgIpc) is 3.01. The van der Waals surface area contributed by atoms with E-state index in [0.29, 0.717) is 22.6 Å². The lowest BCUT2D eigenvalue weighted by Crippen LogP contribution is -2.40. The molecule has 1 aromatic carbocycles. The van der Waals surface area contributed by atoms with Gasteiger partial charge >= 0.3 is 5.97 Å². The molecule has 1 saturated heterocycles. The maximum atomic E-state index is 11.6. The molecule has 0 aliphatic carbocycles. The van der Waals surface area contributed by atoms with Gasteiger partial charge in [-0.1, -0.05) is 18.5 Å². The van der Waals surface area contributed by atoms with Gasteiger partial charge in [-0.3, -0.25) is 0 Å². The maximum absolute atomic E-state index is 11.6. The fourth-order valence-corrected chi connectivity index (χ4v) is 3.15. The smallest absolute Gasteiger partial charge is 0.360 e. The first-order valence-corrected chi connectivity index (χ1v) is 8.21. The normalized spacial score (nSPS) is 18.2. The second-order valence-electron chi connectivity index (χ2n) is 5.69. The van der Waals surface area contributed by atoms with Gasteiger partial charge in [-0.2, -0.15) is 0 Å². The second-order valence-corrected chi connectivity index (χ2v) is 6.13. The van der Waals surface area contributed by atoms with Crippen molar-refractivity contribution in [2.45, 2.75) is 38.6 Å². The van der Waals surface area contributed by atoms with Gasteiger partial charge in [-0.25, -0.2) is 4.79 Å². The topological polar surface area (TPSA) is 71.2 Å². The van der Waals surface area contributed by atoms with Crippen LogP contribution in [0.15, 0.2) is 24.3 Å². The molecule has 0 bridgehead atoms. The van der Waals surface area contributed by atoms with Crippen molar-refractivity contribution in [3.63, 3.8) is 0 Å². The lowest BCUT2D eigenvalue weighted by Gasteiger charge is -2.35. The van der Waals surface area contributed by atoms with Crippen molar-refractivity contribution in [3.05, 3.63) is 35.0 Å². The molecule has 2 heterocycles. The Morgan fingerprint density at radius 1 is 1.30 bits per heavy atom. The highest BCUT2D eigenvalue weighted by molar-refractivity contribution is 6.30. The van der Waals surface area contributed by atoms with E-state index in [1.807, 2.05) is 0 Å². The number of hydrogen-bond donors (Lipinski definition) is 1. The summed E-state index contributed by atoms with van der Waals surface area (Å²) in [6, 6.07) is 7.32. The third-order valence-corrected chi connectivity index (χ3v) is 4.48. The van der Waals surface area contributed by atoms with E-state index in [2.05, 4.69) is 22.0 Å². The van der Waals surface area contributed by atoms with Crippen molar-refractivity contribution in [2.75, 3.05) is 11.4 Å². The number of benzene rings is 1. The van der Waals surface area contributed by atoms with Gasteiger partial charge in [0.1, 0.15) is 0 Å². The molecule has 1 atom stereocenters. The molecule has 0 unspecified atom stereocenters. The van der Waals surface area contributed by atoms with Crippen molar-refractivity contribution < 1.29 is 9.90 Å². The van der Waals surface area contributed by atoms with E-state index in [1.54, 1.807) is 24.3 Å². The number of piperidine rings is 1. The van der Waals surface area contributed by atoms with Gasteiger partial charge in [0.05, 0.1) is 5.69 Å². The largest absolute Gasteiger partial charge is 0.476 e. The van der Waals surface area contributed by atoms with E-state index in [0.717, 1.165) is 25.8 Å². The number of carboxylic acids is 1. The van der Waals surface area contributed by atoms with Crippen LogP contribution in [0.25, 0.3) is 5.69 Å². The highest BCUT2D eigenvalue weighted by Crippen LogP contribution is 2.28. The molecule has 3 rings (SSSR count). The summed E-state index contributed by atoms with van der Waals surface area (Å²) in [7, 11) is 0. The molecule has 0 saturated carbocycles. The summed E-state index contributed by atoms with van der Waals surface area (Å²) in [4.78, 5) is 15.1. The fourth-order valence-electron chi connectivity index (χ4n) is 3.02. The molecule has 1 N–H and O–H groups in total. The standard InChI is InChI=1S/C16H19ClN4O2/c1-2-12-5-3-4-10-20(12)15-14(16(22)23)18-21(19-15)13-8-6-11(17)7-9-13/h6-9,12H,2-5,10H2,1H3,(H,22,23)/t12-/m1/s1. The zero-order valence-corrected chi connectivity index (χ0v) is 13.7. The van der Waals surface area contributed by atoms with Crippen LogP contribution in [0.5, 0.6) is 0 Å². The molecule has 0 spiro atoms. The van der Waals surface area contributed by atoms with Crippen molar-refractivity contribution in [3.8, 4) is 5.69 Å². The van der Waals surface area contributed by atoms with Crippen molar-refractivity contribution >= 4 is 23.4 Å². The minimum Gasteiger partial charge on any atom is -0.476 e. The number of nitrogens with zero attached hydrogens (tertiary/aromatic N) is 4. The Kier molecular flexibility index (Phi) is 4.52. The van der Waals surface area contributed by atoms with Crippen molar-refractivity contribution in [1.29, 1.82) is 0 Å². The quantitative estimate of drug-likeness (QED) is 0.928. The van der Waals surface area contributed by atoms with E-state index in [-0.39, 0.29) is 5.69 Å². The molecule has 0 amide bonds. The number of carbonyl (C=O) groups is 1. The Labute approximate surface area is 139 Å². The van der Waals surface area contributed by atoms with Crippen LogP contribution in [0, 0.1) is 0 Å².